The molecule has 1 N–H and O–H groups in total. The molecular weight excluding hydrogens is 348 g/mol. The number of hydrogen-bond acceptors (Lipinski definition) is 3. The number of nitrogens with one attached hydrogen (secondary N) is 1. The molecule has 0 atom stereocenters. The molecule has 26 heavy (non-hydrogen) atoms. The molecule has 1 fully saturated rings. The van der Waals surface area contributed by atoms with Gasteiger partial charge in [0.05, 0.1) is 13.2 Å². The summed E-state index contributed by atoms with van der Waals surface area (Å²) in [4.78, 5) is 9.60. The van der Waals surface area contributed by atoms with E-state index in [-0.39, 0.29) is 0 Å². The van der Waals surface area contributed by atoms with Gasteiger partial charge in [-0.25, -0.2) is 0 Å². The van der Waals surface area contributed by atoms with Crippen molar-refractivity contribution in [1.29, 1.82) is 0 Å². The predicted molar refractivity (Wildman–Crippen MR) is 109 cm³/mol. The molecule has 6 heteroatoms. The maximum atomic E-state index is 6.13. The van der Waals surface area contributed by atoms with E-state index in [1.807, 2.05) is 18.2 Å². The number of benzene rings is 1. The summed E-state index contributed by atoms with van der Waals surface area (Å²) in [6.45, 7) is 9.35. The van der Waals surface area contributed by atoms with Gasteiger partial charge in [-0.05, 0) is 38.0 Å². The molecular formula is C20H29ClN4O. The van der Waals surface area contributed by atoms with Crippen LogP contribution in [0.2, 0.25) is 5.02 Å². The lowest BCUT2D eigenvalue weighted by atomic mass is 10.1. The normalized spacial score (nSPS) is 18.7. The highest BCUT2D eigenvalue weighted by molar-refractivity contribution is 6.30. The van der Waals surface area contributed by atoms with Crippen molar-refractivity contribution in [2.75, 3.05) is 57.4 Å². The lowest BCUT2D eigenvalue weighted by Crippen LogP contribution is -2.52. The lowest BCUT2D eigenvalue weighted by Gasteiger charge is -2.37. The minimum atomic E-state index is 0.755. The summed E-state index contributed by atoms with van der Waals surface area (Å²) in [5, 5.41) is 4.24. The van der Waals surface area contributed by atoms with Crippen LogP contribution in [0.4, 0.5) is 5.69 Å². The van der Waals surface area contributed by atoms with Crippen LogP contribution in [0.15, 0.2) is 40.9 Å². The maximum absolute atomic E-state index is 6.13. The first-order chi connectivity index (χ1) is 12.8. The van der Waals surface area contributed by atoms with Crippen LogP contribution in [0.25, 0.3) is 0 Å². The first kappa shape index (κ1) is 19.1. The zero-order valence-corrected chi connectivity index (χ0v) is 16.3. The number of piperazine rings is 1. The van der Waals surface area contributed by atoms with Gasteiger partial charge < -0.3 is 19.9 Å². The average Bonchev–Trinajstić information content (AvgIpc) is 2.68. The van der Waals surface area contributed by atoms with Crippen molar-refractivity contribution < 1.29 is 4.74 Å². The summed E-state index contributed by atoms with van der Waals surface area (Å²) in [5.41, 5.74) is 2.67. The van der Waals surface area contributed by atoms with E-state index in [9.17, 15) is 0 Å². The molecule has 0 amide bonds. The molecule has 142 valence electrons. The Balaban J connectivity index is 1.54. The van der Waals surface area contributed by atoms with Crippen molar-refractivity contribution in [1.82, 2.24) is 10.2 Å². The maximum Gasteiger partial charge on any atom is 0.194 e. The SMILES string of the molecule is CCNC(=NCCC1=CCOCC1)N1CCN(c2cccc(Cl)c2)CC1. The number of anilines is 1. The van der Waals surface area contributed by atoms with Gasteiger partial charge in [-0.1, -0.05) is 29.3 Å². The van der Waals surface area contributed by atoms with Crippen molar-refractivity contribution >= 4 is 23.2 Å². The quantitative estimate of drug-likeness (QED) is 0.487. The molecule has 0 bridgehead atoms. The topological polar surface area (TPSA) is 40.1 Å². The van der Waals surface area contributed by atoms with E-state index in [1.54, 1.807) is 0 Å². The number of ether oxygens (including phenoxy) is 1. The Labute approximate surface area is 161 Å². The molecule has 3 rings (SSSR count). The van der Waals surface area contributed by atoms with Crippen LogP contribution in [-0.4, -0.2) is 63.3 Å². The van der Waals surface area contributed by atoms with Crippen LogP contribution >= 0.6 is 11.6 Å². The Hall–Kier alpha value is -1.72. The third-order valence-corrected chi connectivity index (χ3v) is 5.07. The van der Waals surface area contributed by atoms with Crippen LogP contribution in [0, 0.1) is 0 Å². The Morgan fingerprint density at radius 3 is 2.81 bits per heavy atom. The second kappa shape index (κ2) is 9.83. The fourth-order valence-electron chi connectivity index (χ4n) is 3.37. The van der Waals surface area contributed by atoms with E-state index >= 15 is 0 Å². The largest absolute Gasteiger partial charge is 0.377 e. The number of halogens is 1. The Morgan fingerprint density at radius 1 is 1.27 bits per heavy atom. The molecule has 2 aliphatic rings. The highest BCUT2D eigenvalue weighted by Crippen LogP contribution is 2.21. The van der Waals surface area contributed by atoms with Gasteiger partial charge in [0.2, 0.25) is 0 Å². The molecule has 2 aliphatic heterocycles. The number of nitrogens with zero attached hydrogens (tertiary/aromatic N) is 3. The summed E-state index contributed by atoms with van der Waals surface area (Å²) in [6.07, 6.45) is 4.28. The Bertz CT molecular complexity index is 638. The number of aliphatic imine (C=N–C) groups is 1. The van der Waals surface area contributed by atoms with Crippen LogP contribution < -0.4 is 10.2 Å². The molecule has 0 unspecified atom stereocenters. The first-order valence-corrected chi connectivity index (χ1v) is 9.93. The Morgan fingerprint density at radius 2 is 2.12 bits per heavy atom. The third kappa shape index (κ3) is 5.39. The lowest BCUT2D eigenvalue weighted by molar-refractivity contribution is 0.153. The minimum Gasteiger partial charge on any atom is -0.377 e. The van der Waals surface area contributed by atoms with E-state index < -0.39 is 0 Å². The van der Waals surface area contributed by atoms with E-state index in [0.717, 1.165) is 76.3 Å². The predicted octanol–water partition coefficient (Wildman–Crippen LogP) is 3.16. The standard InChI is InChI=1S/C20H29ClN4O/c1-2-22-20(23-9-6-17-7-14-26-15-8-17)25-12-10-24(11-13-25)19-5-3-4-18(21)16-19/h3-5,7,16H,2,6,8-15H2,1H3,(H,22,23). The third-order valence-electron chi connectivity index (χ3n) is 4.84. The zero-order valence-electron chi connectivity index (χ0n) is 15.6. The van der Waals surface area contributed by atoms with Crippen molar-refractivity contribution in [3.63, 3.8) is 0 Å². The molecule has 1 aromatic rings. The molecule has 0 aliphatic carbocycles. The van der Waals surface area contributed by atoms with Gasteiger partial charge in [-0.3, -0.25) is 4.99 Å². The van der Waals surface area contributed by atoms with Gasteiger partial charge in [0.15, 0.2) is 5.96 Å². The van der Waals surface area contributed by atoms with Crippen molar-refractivity contribution in [3.8, 4) is 0 Å². The average molecular weight is 377 g/mol. The fraction of sp³-hybridized carbons (Fsp3) is 0.550. The van der Waals surface area contributed by atoms with Crippen LogP contribution in [0.1, 0.15) is 19.8 Å². The first-order valence-electron chi connectivity index (χ1n) is 9.55. The van der Waals surface area contributed by atoms with Gasteiger partial charge in [0, 0.05) is 50.0 Å². The molecule has 0 saturated carbocycles. The van der Waals surface area contributed by atoms with E-state index in [1.165, 1.54) is 11.3 Å². The number of guanidine groups is 1. The minimum absolute atomic E-state index is 0.755. The molecule has 0 aromatic heterocycles. The second-order valence-corrected chi connectivity index (χ2v) is 7.06. The van der Waals surface area contributed by atoms with E-state index in [4.69, 9.17) is 21.3 Å². The molecule has 0 radical (unpaired) electrons. The van der Waals surface area contributed by atoms with Gasteiger partial charge in [-0.2, -0.15) is 0 Å². The van der Waals surface area contributed by atoms with Gasteiger partial charge in [0.25, 0.3) is 0 Å². The highest BCUT2D eigenvalue weighted by atomic mass is 35.5. The van der Waals surface area contributed by atoms with Crippen molar-refractivity contribution in [2.45, 2.75) is 19.8 Å². The molecule has 1 saturated heterocycles. The van der Waals surface area contributed by atoms with Crippen molar-refractivity contribution in [3.05, 3.63) is 40.9 Å². The summed E-state index contributed by atoms with van der Waals surface area (Å²) < 4.78 is 5.37. The monoisotopic (exact) mass is 376 g/mol. The molecule has 5 nitrogen and oxygen atoms in total. The summed E-state index contributed by atoms with van der Waals surface area (Å²) in [7, 11) is 0. The molecule has 0 spiro atoms. The van der Waals surface area contributed by atoms with Gasteiger partial charge in [-0.15, -0.1) is 0 Å². The fourth-order valence-corrected chi connectivity index (χ4v) is 3.56. The second-order valence-electron chi connectivity index (χ2n) is 6.63. The zero-order chi connectivity index (χ0) is 18.2. The summed E-state index contributed by atoms with van der Waals surface area (Å²) in [6, 6.07) is 8.10. The number of rotatable bonds is 5. The van der Waals surface area contributed by atoms with Crippen LogP contribution in [0.5, 0.6) is 0 Å². The smallest absolute Gasteiger partial charge is 0.194 e. The van der Waals surface area contributed by atoms with Crippen molar-refractivity contribution in [2.24, 2.45) is 4.99 Å². The molecule has 1 aromatic carbocycles. The summed E-state index contributed by atoms with van der Waals surface area (Å²) >= 11 is 6.13. The molecule has 2 heterocycles. The summed E-state index contributed by atoms with van der Waals surface area (Å²) in [5.74, 6) is 1.03. The van der Waals surface area contributed by atoms with Gasteiger partial charge in [0.1, 0.15) is 0 Å². The van der Waals surface area contributed by atoms with Crippen LogP contribution in [-0.2, 0) is 4.74 Å². The van der Waals surface area contributed by atoms with E-state index in [2.05, 4.69) is 34.2 Å². The Kier molecular flexibility index (Phi) is 7.21. The van der Waals surface area contributed by atoms with Crippen LogP contribution in [0.3, 0.4) is 0 Å². The number of hydrogen-bond donors (Lipinski definition) is 1. The van der Waals surface area contributed by atoms with Gasteiger partial charge >= 0.3 is 0 Å². The van der Waals surface area contributed by atoms with E-state index in [0.29, 0.717) is 0 Å². The highest BCUT2D eigenvalue weighted by Gasteiger charge is 2.20.